The molecular weight excluding hydrogens is 415 g/mol. The van der Waals surface area contributed by atoms with E-state index in [9.17, 15) is 22.0 Å². The van der Waals surface area contributed by atoms with Crippen molar-refractivity contribution in [1.82, 2.24) is 9.97 Å². The summed E-state index contributed by atoms with van der Waals surface area (Å²) in [4.78, 5) is 8.20. The summed E-state index contributed by atoms with van der Waals surface area (Å²) in [6.07, 6.45) is -0.0870. The van der Waals surface area contributed by atoms with Crippen molar-refractivity contribution < 1.29 is 26.7 Å². The summed E-state index contributed by atoms with van der Waals surface area (Å²) in [7, 11) is 0. The normalized spacial score (nSPS) is 11.0. The summed E-state index contributed by atoms with van der Waals surface area (Å²) >= 11 is 0. The predicted octanol–water partition coefficient (Wildman–Crippen LogP) is 6.02. The molecule has 0 aliphatic rings. The first kappa shape index (κ1) is 22.2. The van der Waals surface area contributed by atoms with E-state index in [4.69, 9.17) is 4.74 Å². The van der Waals surface area contributed by atoms with E-state index in [1.165, 1.54) is 24.5 Å². The van der Waals surface area contributed by atoms with Crippen molar-refractivity contribution in [3.63, 3.8) is 0 Å². The van der Waals surface area contributed by atoms with Crippen LogP contribution in [0.25, 0.3) is 11.1 Å². The Labute approximate surface area is 175 Å². The molecule has 0 fully saturated rings. The van der Waals surface area contributed by atoms with Gasteiger partial charge in [0.15, 0.2) is 5.75 Å². The molecule has 8 heteroatoms. The van der Waals surface area contributed by atoms with Gasteiger partial charge in [-0.3, -0.25) is 0 Å². The van der Waals surface area contributed by atoms with E-state index >= 15 is 0 Å². The number of hydrogen-bond donors (Lipinski definition) is 0. The van der Waals surface area contributed by atoms with Gasteiger partial charge in [0, 0.05) is 5.56 Å². The highest BCUT2D eigenvalue weighted by atomic mass is 19.4. The van der Waals surface area contributed by atoms with Crippen molar-refractivity contribution in [3.05, 3.63) is 77.4 Å². The minimum absolute atomic E-state index is 0.00972. The van der Waals surface area contributed by atoms with Gasteiger partial charge in [-0.25, -0.2) is 18.7 Å². The van der Waals surface area contributed by atoms with E-state index in [2.05, 4.69) is 28.7 Å². The van der Waals surface area contributed by atoms with Crippen molar-refractivity contribution in [2.45, 2.75) is 25.9 Å². The molecule has 31 heavy (non-hydrogen) atoms. The van der Waals surface area contributed by atoms with E-state index < -0.39 is 23.4 Å². The molecule has 0 atom stereocenters. The molecule has 3 rings (SSSR count). The fraction of sp³-hybridized carbons (Fsp3) is 0.217. The number of ether oxygens (including phenoxy) is 1. The van der Waals surface area contributed by atoms with Crippen LogP contribution in [0.4, 0.5) is 22.0 Å². The summed E-state index contributed by atoms with van der Waals surface area (Å²) in [5.41, 5.74) is -0.990. The zero-order valence-electron chi connectivity index (χ0n) is 16.4. The fourth-order valence-electron chi connectivity index (χ4n) is 2.67. The Bertz CT molecular complexity index is 1080. The summed E-state index contributed by atoms with van der Waals surface area (Å²) in [6.45, 7) is 2.65. The van der Waals surface area contributed by atoms with Gasteiger partial charge in [-0.1, -0.05) is 31.4 Å². The van der Waals surface area contributed by atoms with Crippen LogP contribution in [0.3, 0.4) is 0 Å². The molecular formula is C23H17F5N2O. The van der Waals surface area contributed by atoms with Crippen LogP contribution in [-0.4, -0.2) is 16.6 Å². The molecule has 0 aliphatic heterocycles. The number of benzene rings is 2. The summed E-state index contributed by atoms with van der Waals surface area (Å²) in [5, 5.41) is 0. The van der Waals surface area contributed by atoms with Gasteiger partial charge in [-0.15, -0.1) is 0 Å². The van der Waals surface area contributed by atoms with Gasteiger partial charge in [0.1, 0.15) is 17.2 Å². The van der Waals surface area contributed by atoms with Gasteiger partial charge >= 0.3 is 6.18 Å². The van der Waals surface area contributed by atoms with Gasteiger partial charge < -0.3 is 4.74 Å². The van der Waals surface area contributed by atoms with Crippen LogP contribution in [-0.2, 0) is 6.18 Å². The SMILES string of the molecule is CCCCOc1cnc(C#Cc2ccc(-c3cc(F)c(C(F)(F)F)c(F)c3)cc2)nc1. The molecule has 2 aromatic carbocycles. The number of hydrogen-bond acceptors (Lipinski definition) is 3. The third-order valence-corrected chi connectivity index (χ3v) is 4.26. The highest BCUT2D eigenvalue weighted by Gasteiger charge is 2.37. The minimum Gasteiger partial charge on any atom is -0.490 e. The van der Waals surface area contributed by atoms with Crippen LogP contribution >= 0.6 is 0 Å². The highest BCUT2D eigenvalue weighted by molar-refractivity contribution is 5.65. The number of rotatable bonds is 5. The lowest BCUT2D eigenvalue weighted by molar-refractivity contribution is -0.142. The molecule has 1 aromatic heterocycles. The molecule has 160 valence electrons. The topological polar surface area (TPSA) is 35.0 Å². The predicted molar refractivity (Wildman–Crippen MR) is 105 cm³/mol. The van der Waals surface area contributed by atoms with Gasteiger partial charge in [0.25, 0.3) is 0 Å². The lowest BCUT2D eigenvalue weighted by atomic mass is 10.0. The highest BCUT2D eigenvalue weighted by Crippen LogP contribution is 2.35. The molecule has 0 aliphatic carbocycles. The first-order valence-corrected chi connectivity index (χ1v) is 9.41. The number of halogens is 5. The van der Waals surface area contributed by atoms with Crippen LogP contribution in [0, 0.1) is 23.5 Å². The van der Waals surface area contributed by atoms with Crippen LogP contribution in [0.2, 0.25) is 0 Å². The third kappa shape index (κ3) is 5.79. The monoisotopic (exact) mass is 432 g/mol. The van der Waals surface area contributed by atoms with Crippen molar-refractivity contribution in [3.8, 4) is 28.7 Å². The molecule has 0 saturated heterocycles. The number of nitrogens with zero attached hydrogens (tertiary/aromatic N) is 2. The third-order valence-electron chi connectivity index (χ3n) is 4.26. The smallest absolute Gasteiger partial charge is 0.422 e. The zero-order chi connectivity index (χ0) is 22.4. The molecule has 0 N–H and O–H groups in total. The second-order valence-electron chi connectivity index (χ2n) is 6.58. The lowest BCUT2D eigenvalue weighted by Gasteiger charge is -2.11. The maximum Gasteiger partial charge on any atom is 0.422 e. The van der Waals surface area contributed by atoms with Crippen LogP contribution in [0.15, 0.2) is 48.8 Å². The van der Waals surface area contributed by atoms with Crippen LogP contribution < -0.4 is 4.74 Å². The molecule has 3 nitrogen and oxygen atoms in total. The first-order valence-electron chi connectivity index (χ1n) is 9.41. The van der Waals surface area contributed by atoms with Gasteiger partial charge in [-0.05, 0) is 47.7 Å². The molecule has 0 bridgehead atoms. The van der Waals surface area contributed by atoms with Gasteiger partial charge in [-0.2, -0.15) is 13.2 Å². The maximum atomic E-state index is 13.8. The molecule has 0 saturated carbocycles. The van der Waals surface area contributed by atoms with Crippen LogP contribution in [0.5, 0.6) is 5.75 Å². The van der Waals surface area contributed by atoms with Gasteiger partial charge in [0.2, 0.25) is 5.82 Å². The van der Waals surface area contributed by atoms with E-state index in [0.29, 0.717) is 41.4 Å². The van der Waals surface area contributed by atoms with E-state index in [1.807, 2.05) is 0 Å². The Morgan fingerprint density at radius 2 is 1.52 bits per heavy atom. The van der Waals surface area contributed by atoms with Crippen LogP contribution in [0.1, 0.15) is 36.7 Å². The average Bonchev–Trinajstić information content (AvgIpc) is 2.72. The Morgan fingerprint density at radius 1 is 0.903 bits per heavy atom. The van der Waals surface area contributed by atoms with Crippen molar-refractivity contribution in [2.75, 3.05) is 6.61 Å². The Kier molecular flexibility index (Phi) is 6.85. The van der Waals surface area contributed by atoms with E-state index in [0.717, 1.165) is 12.8 Å². The Morgan fingerprint density at radius 3 is 2.06 bits per heavy atom. The quantitative estimate of drug-likeness (QED) is 0.281. The summed E-state index contributed by atoms with van der Waals surface area (Å²) < 4.78 is 71.2. The number of alkyl halides is 3. The largest absolute Gasteiger partial charge is 0.490 e. The minimum atomic E-state index is -5.10. The Balaban J connectivity index is 1.73. The molecule has 0 radical (unpaired) electrons. The van der Waals surface area contributed by atoms with E-state index in [1.54, 1.807) is 12.1 Å². The number of aromatic nitrogens is 2. The maximum absolute atomic E-state index is 13.8. The standard InChI is InChI=1S/C23H17F5N2O/c1-2-3-10-31-18-13-29-21(30-14-18)9-6-15-4-7-16(8-5-15)17-11-19(24)22(20(25)12-17)23(26,27)28/h4-5,7-8,11-14H,2-3,10H2,1H3. The van der Waals surface area contributed by atoms with Crippen molar-refractivity contribution >= 4 is 0 Å². The first-order chi connectivity index (χ1) is 14.8. The molecule has 0 spiro atoms. The average molecular weight is 432 g/mol. The summed E-state index contributed by atoms with van der Waals surface area (Å²) in [5.74, 6) is 3.16. The molecule has 0 amide bonds. The summed E-state index contributed by atoms with van der Waals surface area (Å²) in [6, 6.07) is 7.50. The van der Waals surface area contributed by atoms with Crippen molar-refractivity contribution in [2.24, 2.45) is 0 Å². The molecule has 3 aromatic rings. The second kappa shape index (κ2) is 9.56. The molecule has 0 unspecified atom stereocenters. The van der Waals surface area contributed by atoms with Gasteiger partial charge in [0.05, 0.1) is 19.0 Å². The molecule has 1 heterocycles. The lowest BCUT2D eigenvalue weighted by Crippen LogP contribution is -2.11. The van der Waals surface area contributed by atoms with E-state index in [-0.39, 0.29) is 5.56 Å². The second-order valence-corrected chi connectivity index (χ2v) is 6.58. The zero-order valence-corrected chi connectivity index (χ0v) is 16.4. The fourth-order valence-corrected chi connectivity index (χ4v) is 2.67. The van der Waals surface area contributed by atoms with Crippen molar-refractivity contribution in [1.29, 1.82) is 0 Å². The number of unbranched alkanes of at least 4 members (excludes halogenated alkanes) is 1. The Hall–Kier alpha value is -3.47.